The highest BCUT2D eigenvalue weighted by atomic mass is 79.9. The molecule has 0 aliphatic rings. The van der Waals surface area contributed by atoms with Crippen LogP contribution in [0.1, 0.15) is 25.2 Å². The summed E-state index contributed by atoms with van der Waals surface area (Å²) in [7, 11) is 0. The lowest BCUT2D eigenvalue weighted by Crippen LogP contribution is -1.99. The van der Waals surface area contributed by atoms with Gasteiger partial charge in [0, 0.05) is 20.4 Å². The number of nitrogens with zero attached hydrogens (tertiary/aromatic N) is 2. The fraction of sp³-hybridized carbons (Fsp3) is 0.286. The Kier molecular flexibility index (Phi) is 4.33. The van der Waals surface area contributed by atoms with Crippen molar-refractivity contribution in [3.05, 3.63) is 34.6 Å². The topological polar surface area (TPSA) is 52.1 Å². The van der Waals surface area contributed by atoms with Crippen molar-refractivity contribution >= 4 is 52.2 Å². The summed E-state index contributed by atoms with van der Waals surface area (Å²) in [4.78, 5) is 0. The lowest BCUT2D eigenvalue weighted by atomic mass is 10.1. The molecule has 1 unspecified atom stereocenters. The first kappa shape index (κ1) is 15.0. The van der Waals surface area contributed by atoms with Gasteiger partial charge in [-0.3, -0.25) is 0 Å². The van der Waals surface area contributed by atoms with Crippen molar-refractivity contribution in [1.29, 1.82) is 0 Å². The molecule has 4 nitrogen and oxygen atoms in total. The van der Waals surface area contributed by atoms with E-state index in [0.717, 1.165) is 21.9 Å². The number of hydrogen-bond acceptors (Lipinski definition) is 6. The molecule has 0 amide bonds. The van der Waals surface area contributed by atoms with Crippen LogP contribution in [-0.4, -0.2) is 14.8 Å². The number of thiol groups is 2. The van der Waals surface area contributed by atoms with Crippen LogP contribution < -0.4 is 0 Å². The zero-order valence-electron chi connectivity index (χ0n) is 11.2. The molecule has 0 saturated carbocycles. The second-order valence-electron chi connectivity index (χ2n) is 4.86. The van der Waals surface area contributed by atoms with Crippen LogP contribution in [0, 0.1) is 0 Å². The van der Waals surface area contributed by atoms with Gasteiger partial charge in [-0.15, -0.1) is 10.2 Å². The maximum atomic E-state index is 5.74. The molecule has 0 spiro atoms. The summed E-state index contributed by atoms with van der Waals surface area (Å²) in [6.07, 6.45) is 0.751. The summed E-state index contributed by atoms with van der Waals surface area (Å²) in [5, 5.41) is 9.12. The molecule has 0 saturated heterocycles. The third-order valence-electron chi connectivity index (χ3n) is 3.12. The fourth-order valence-corrected chi connectivity index (χ4v) is 3.08. The minimum atomic E-state index is -0.0149. The molecule has 21 heavy (non-hydrogen) atoms. The summed E-state index contributed by atoms with van der Waals surface area (Å²) in [5.41, 5.74) is 0.784. The van der Waals surface area contributed by atoms with E-state index < -0.39 is 0 Å². The Labute approximate surface area is 141 Å². The summed E-state index contributed by atoms with van der Waals surface area (Å²) in [6.45, 7) is 2.01. The maximum Gasteiger partial charge on any atom is 0.283 e. The monoisotopic (exact) mass is 384 g/mol. The van der Waals surface area contributed by atoms with E-state index in [4.69, 9.17) is 8.83 Å². The summed E-state index contributed by atoms with van der Waals surface area (Å²) in [6, 6.07) is 7.70. The highest BCUT2D eigenvalue weighted by Gasteiger charge is 2.18. The van der Waals surface area contributed by atoms with Gasteiger partial charge in [-0.25, -0.2) is 0 Å². The largest absolute Gasteiger partial charge is 0.451 e. The summed E-state index contributed by atoms with van der Waals surface area (Å²) in [5.74, 6) is 1.63. The molecule has 0 N–H and O–H groups in total. The quantitative estimate of drug-likeness (QED) is 0.494. The zero-order valence-corrected chi connectivity index (χ0v) is 14.5. The molecule has 2 aromatic heterocycles. The molecular weight excluding hydrogens is 372 g/mol. The van der Waals surface area contributed by atoms with Crippen molar-refractivity contribution in [2.75, 3.05) is 0 Å². The van der Waals surface area contributed by atoms with Gasteiger partial charge < -0.3 is 8.83 Å². The lowest BCUT2D eigenvalue weighted by molar-refractivity contribution is 0.450. The minimum Gasteiger partial charge on any atom is -0.451 e. The highest BCUT2D eigenvalue weighted by molar-refractivity contribution is 9.10. The number of halogens is 1. The second kappa shape index (κ2) is 6.06. The average molecular weight is 385 g/mol. The Hall–Kier alpha value is -0.920. The van der Waals surface area contributed by atoms with Gasteiger partial charge in [0.2, 0.25) is 5.89 Å². The van der Waals surface area contributed by atoms with Gasteiger partial charge >= 0.3 is 0 Å². The number of benzene rings is 1. The Morgan fingerprint density at radius 2 is 2.00 bits per heavy atom. The van der Waals surface area contributed by atoms with Crippen molar-refractivity contribution < 1.29 is 8.83 Å². The third-order valence-corrected chi connectivity index (χ3v) is 4.03. The van der Waals surface area contributed by atoms with Crippen molar-refractivity contribution in [3.8, 4) is 11.7 Å². The third kappa shape index (κ3) is 3.30. The molecule has 3 rings (SSSR count). The van der Waals surface area contributed by atoms with Gasteiger partial charge in [0.05, 0.1) is 0 Å². The Morgan fingerprint density at radius 1 is 1.19 bits per heavy atom. The van der Waals surface area contributed by atoms with Crippen molar-refractivity contribution in [2.24, 2.45) is 0 Å². The van der Waals surface area contributed by atoms with E-state index in [0.29, 0.717) is 17.5 Å². The van der Waals surface area contributed by atoms with Crippen LogP contribution >= 0.6 is 41.2 Å². The van der Waals surface area contributed by atoms with Crippen molar-refractivity contribution in [2.45, 2.75) is 23.8 Å². The first-order valence-corrected chi connectivity index (χ1v) is 8.24. The van der Waals surface area contributed by atoms with Gasteiger partial charge in [0.15, 0.2) is 5.76 Å². The molecule has 1 aromatic carbocycles. The predicted molar refractivity (Wildman–Crippen MR) is 92.0 cm³/mol. The van der Waals surface area contributed by atoms with E-state index in [1.807, 2.05) is 31.2 Å². The second-order valence-corrected chi connectivity index (χ2v) is 7.43. The number of rotatable bonds is 4. The Balaban J connectivity index is 1.90. The molecule has 1 atom stereocenters. The lowest BCUT2D eigenvalue weighted by Gasteiger charge is -2.07. The van der Waals surface area contributed by atoms with Crippen LogP contribution in [0.25, 0.3) is 22.6 Å². The SMILES string of the molecule is CC(CC(S)S)c1nnc(-c2cc3cc(Br)ccc3o2)o1. The molecule has 0 fully saturated rings. The summed E-state index contributed by atoms with van der Waals surface area (Å²) < 4.78 is 12.4. The summed E-state index contributed by atoms with van der Waals surface area (Å²) >= 11 is 12.0. The van der Waals surface area contributed by atoms with E-state index >= 15 is 0 Å². The first-order chi connectivity index (χ1) is 10.0. The molecule has 0 aliphatic carbocycles. The Morgan fingerprint density at radius 3 is 2.76 bits per heavy atom. The van der Waals surface area contributed by atoms with E-state index in [1.165, 1.54) is 0 Å². The average Bonchev–Trinajstić information content (AvgIpc) is 3.03. The van der Waals surface area contributed by atoms with Crippen LogP contribution in [0.4, 0.5) is 0 Å². The molecule has 3 aromatic rings. The van der Waals surface area contributed by atoms with Crippen LogP contribution in [0.5, 0.6) is 0 Å². The van der Waals surface area contributed by atoms with Gasteiger partial charge in [-0.1, -0.05) is 22.9 Å². The number of aromatic nitrogens is 2. The molecule has 2 heterocycles. The Bertz CT molecular complexity index is 769. The van der Waals surface area contributed by atoms with Crippen molar-refractivity contribution in [3.63, 3.8) is 0 Å². The molecule has 0 bridgehead atoms. The van der Waals surface area contributed by atoms with Gasteiger partial charge in [-0.2, -0.15) is 25.3 Å². The number of hydrogen-bond donors (Lipinski definition) is 2. The number of furan rings is 1. The van der Waals surface area contributed by atoms with E-state index in [1.54, 1.807) is 0 Å². The van der Waals surface area contributed by atoms with E-state index in [2.05, 4.69) is 51.4 Å². The first-order valence-electron chi connectivity index (χ1n) is 6.42. The van der Waals surface area contributed by atoms with Crippen molar-refractivity contribution in [1.82, 2.24) is 10.2 Å². The van der Waals surface area contributed by atoms with Gasteiger partial charge in [-0.05, 0) is 30.7 Å². The normalized spacial score (nSPS) is 13.2. The van der Waals surface area contributed by atoms with Crippen LogP contribution in [0.15, 0.2) is 37.6 Å². The fourth-order valence-electron chi connectivity index (χ4n) is 2.07. The molecule has 0 aliphatic heterocycles. The molecule has 0 radical (unpaired) electrons. The van der Waals surface area contributed by atoms with E-state index in [-0.39, 0.29) is 10.5 Å². The predicted octanol–water partition coefficient (Wildman–Crippen LogP) is 4.92. The maximum absolute atomic E-state index is 5.74. The smallest absolute Gasteiger partial charge is 0.283 e. The van der Waals surface area contributed by atoms with Crippen LogP contribution in [0.3, 0.4) is 0 Å². The molecule has 7 heteroatoms. The van der Waals surface area contributed by atoms with Gasteiger partial charge in [0.1, 0.15) is 5.58 Å². The van der Waals surface area contributed by atoms with E-state index in [9.17, 15) is 0 Å². The number of fused-ring (bicyclic) bond motifs is 1. The zero-order chi connectivity index (χ0) is 15.0. The van der Waals surface area contributed by atoms with Gasteiger partial charge in [0.25, 0.3) is 5.89 Å². The van der Waals surface area contributed by atoms with Crippen LogP contribution in [-0.2, 0) is 0 Å². The molecular formula is C14H13BrN2O2S2. The molecule has 110 valence electrons. The highest BCUT2D eigenvalue weighted by Crippen LogP contribution is 2.31. The minimum absolute atomic E-state index is 0.0149. The van der Waals surface area contributed by atoms with Crippen LogP contribution in [0.2, 0.25) is 0 Å². The standard InChI is InChI=1S/C14H13BrN2O2S2/c1-7(4-12(20)21)13-16-17-14(19-13)11-6-8-5-9(15)2-3-10(8)18-11/h2-3,5-7,12,20-21H,4H2,1H3.